The molecule has 2 atom stereocenters. The van der Waals surface area contributed by atoms with Crippen LogP contribution in [-0.4, -0.2) is 41.3 Å². The summed E-state index contributed by atoms with van der Waals surface area (Å²) in [6.07, 6.45) is -11.4. The van der Waals surface area contributed by atoms with Crippen LogP contribution in [0.25, 0.3) is 0 Å². The monoisotopic (exact) mass is 529 g/mol. The molecule has 1 saturated heterocycles. The van der Waals surface area contributed by atoms with Crippen LogP contribution in [0, 0.1) is 0 Å². The van der Waals surface area contributed by atoms with Crippen LogP contribution in [0.1, 0.15) is 22.6 Å². The largest absolute Gasteiger partial charge is 0.465 e. The molecule has 34 heavy (non-hydrogen) atoms. The van der Waals surface area contributed by atoms with Crippen molar-refractivity contribution in [2.45, 2.75) is 24.3 Å². The highest BCUT2D eigenvalue weighted by Crippen LogP contribution is 2.38. The fraction of sp³-hybridized carbons (Fsp3) is 0.300. The maximum atomic E-state index is 13.0. The zero-order chi connectivity index (χ0) is 25.4. The van der Waals surface area contributed by atoms with E-state index < -0.39 is 53.3 Å². The smallest absolute Gasteiger partial charge is 0.416 e. The SMILES string of the molecule is O=C(Nc1cc(C(F)(F)F)cc(C(F)(F)F)c1)N[C@@H]1CN(C(=O)O)C[C@H]1c1ccc(Cl)c(Cl)c1. The predicted molar refractivity (Wildman–Crippen MR) is 111 cm³/mol. The van der Waals surface area contributed by atoms with Crippen molar-refractivity contribution in [3.05, 3.63) is 63.1 Å². The highest BCUT2D eigenvalue weighted by molar-refractivity contribution is 6.42. The summed E-state index contributed by atoms with van der Waals surface area (Å²) in [5.41, 5.74) is -3.39. The highest BCUT2D eigenvalue weighted by atomic mass is 35.5. The molecule has 3 rings (SSSR count). The lowest BCUT2D eigenvalue weighted by atomic mass is 9.94. The van der Waals surface area contributed by atoms with E-state index in [2.05, 4.69) is 5.32 Å². The quantitative estimate of drug-likeness (QED) is 0.408. The lowest BCUT2D eigenvalue weighted by molar-refractivity contribution is -0.143. The first-order valence-electron chi connectivity index (χ1n) is 9.45. The van der Waals surface area contributed by atoms with Crippen molar-refractivity contribution in [3.63, 3.8) is 0 Å². The van der Waals surface area contributed by atoms with Crippen molar-refractivity contribution in [1.29, 1.82) is 0 Å². The summed E-state index contributed by atoms with van der Waals surface area (Å²) >= 11 is 11.9. The number of nitrogens with one attached hydrogen (secondary N) is 2. The van der Waals surface area contributed by atoms with Gasteiger partial charge in [-0.05, 0) is 35.9 Å². The summed E-state index contributed by atoms with van der Waals surface area (Å²) in [5.74, 6) is -0.608. The van der Waals surface area contributed by atoms with Gasteiger partial charge >= 0.3 is 24.5 Å². The van der Waals surface area contributed by atoms with Gasteiger partial charge in [-0.15, -0.1) is 0 Å². The first-order chi connectivity index (χ1) is 15.6. The average Bonchev–Trinajstić information content (AvgIpc) is 3.12. The number of hydrogen-bond acceptors (Lipinski definition) is 2. The van der Waals surface area contributed by atoms with Crippen molar-refractivity contribution >= 4 is 41.0 Å². The van der Waals surface area contributed by atoms with Gasteiger partial charge in [0.2, 0.25) is 0 Å². The number of carbonyl (C=O) groups is 2. The van der Waals surface area contributed by atoms with Gasteiger partial charge in [0.05, 0.1) is 27.2 Å². The lowest BCUT2D eigenvalue weighted by Crippen LogP contribution is -2.42. The second-order valence-electron chi connectivity index (χ2n) is 7.47. The van der Waals surface area contributed by atoms with Gasteiger partial charge in [0.15, 0.2) is 0 Å². The van der Waals surface area contributed by atoms with Gasteiger partial charge in [0.1, 0.15) is 0 Å². The summed E-state index contributed by atoms with van der Waals surface area (Å²) in [6.45, 7) is -0.218. The minimum atomic E-state index is -5.08. The molecule has 1 aliphatic heterocycles. The minimum Gasteiger partial charge on any atom is -0.465 e. The molecule has 0 bridgehead atoms. The molecule has 14 heteroatoms. The molecule has 184 valence electrons. The molecule has 1 fully saturated rings. The molecule has 0 saturated carbocycles. The Morgan fingerprint density at radius 1 is 0.912 bits per heavy atom. The Bertz CT molecular complexity index is 1080. The van der Waals surface area contributed by atoms with Crippen LogP contribution in [0.4, 0.5) is 41.6 Å². The third-order valence-corrected chi connectivity index (χ3v) is 5.86. The second-order valence-corrected chi connectivity index (χ2v) is 8.28. The van der Waals surface area contributed by atoms with Crippen molar-refractivity contribution in [2.75, 3.05) is 18.4 Å². The number of rotatable bonds is 3. The number of alkyl halides is 6. The number of likely N-dealkylation sites (tertiary alicyclic amines) is 1. The Balaban J connectivity index is 1.84. The number of nitrogens with zero attached hydrogens (tertiary/aromatic N) is 1. The standard InChI is InChI=1S/C20H15Cl2F6N3O3/c21-14-2-1-9(3-15(14)22)13-7-31(18(33)34)8-16(13)30-17(32)29-12-5-10(19(23,24)25)4-11(6-12)20(26,27)28/h1-6,13,16H,7-8H2,(H,33,34)(H2,29,30,32)/t13-,16+/m0/s1. The Morgan fingerprint density at radius 3 is 2.00 bits per heavy atom. The fourth-order valence-corrected chi connectivity index (χ4v) is 3.86. The van der Waals surface area contributed by atoms with Gasteiger partial charge in [0.25, 0.3) is 0 Å². The van der Waals surface area contributed by atoms with E-state index in [0.717, 1.165) is 4.90 Å². The second kappa shape index (κ2) is 9.41. The maximum Gasteiger partial charge on any atom is 0.416 e. The van der Waals surface area contributed by atoms with E-state index in [1.54, 1.807) is 6.07 Å². The topological polar surface area (TPSA) is 81.7 Å². The molecule has 1 aliphatic rings. The molecule has 0 unspecified atom stereocenters. The number of benzene rings is 2. The van der Waals surface area contributed by atoms with E-state index in [1.165, 1.54) is 12.1 Å². The predicted octanol–water partition coefficient (Wildman–Crippen LogP) is 6.30. The van der Waals surface area contributed by atoms with Crippen LogP contribution < -0.4 is 10.6 Å². The Hall–Kier alpha value is -2.86. The van der Waals surface area contributed by atoms with E-state index in [1.807, 2.05) is 5.32 Å². The Kier molecular flexibility index (Phi) is 7.13. The van der Waals surface area contributed by atoms with Crippen molar-refractivity contribution in [1.82, 2.24) is 10.2 Å². The van der Waals surface area contributed by atoms with Gasteiger partial charge in [0, 0.05) is 24.7 Å². The van der Waals surface area contributed by atoms with Crippen LogP contribution in [-0.2, 0) is 12.4 Å². The van der Waals surface area contributed by atoms with E-state index >= 15 is 0 Å². The van der Waals surface area contributed by atoms with E-state index in [0.29, 0.717) is 17.7 Å². The zero-order valence-electron chi connectivity index (χ0n) is 16.8. The first-order valence-corrected chi connectivity index (χ1v) is 10.2. The summed E-state index contributed by atoms with van der Waals surface area (Å²) < 4.78 is 78.3. The average molecular weight is 530 g/mol. The molecule has 6 nitrogen and oxygen atoms in total. The van der Waals surface area contributed by atoms with Crippen LogP contribution in [0.2, 0.25) is 10.0 Å². The fourth-order valence-electron chi connectivity index (χ4n) is 3.55. The van der Waals surface area contributed by atoms with Gasteiger partial charge < -0.3 is 20.6 Å². The van der Waals surface area contributed by atoms with Gasteiger partial charge in [-0.25, -0.2) is 9.59 Å². The van der Waals surface area contributed by atoms with Crippen molar-refractivity contribution in [2.24, 2.45) is 0 Å². The van der Waals surface area contributed by atoms with Gasteiger partial charge in [-0.1, -0.05) is 29.3 Å². The molecular formula is C20H15Cl2F6N3O3. The van der Waals surface area contributed by atoms with Gasteiger partial charge in [-0.2, -0.15) is 26.3 Å². The Labute approximate surface area is 198 Å². The zero-order valence-corrected chi connectivity index (χ0v) is 18.3. The Morgan fingerprint density at radius 2 is 1.50 bits per heavy atom. The van der Waals surface area contributed by atoms with Crippen LogP contribution in [0.3, 0.4) is 0 Å². The molecule has 0 radical (unpaired) electrons. The molecule has 0 aliphatic carbocycles. The molecule has 3 amide bonds. The number of hydrogen-bond donors (Lipinski definition) is 3. The van der Waals surface area contributed by atoms with Crippen LogP contribution >= 0.6 is 23.2 Å². The van der Waals surface area contributed by atoms with E-state index in [4.69, 9.17) is 23.2 Å². The number of halogens is 8. The molecule has 0 aromatic heterocycles. The third kappa shape index (κ3) is 5.98. The van der Waals surface area contributed by atoms with E-state index in [9.17, 15) is 41.0 Å². The molecular weight excluding hydrogens is 515 g/mol. The normalized spacial score (nSPS) is 18.6. The lowest BCUT2D eigenvalue weighted by Gasteiger charge is -2.21. The summed E-state index contributed by atoms with van der Waals surface area (Å²) in [5, 5.41) is 14.1. The summed E-state index contributed by atoms with van der Waals surface area (Å²) in [4.78, 5) is 24.9. The van der Waals surface area contributed by atoms with Crippen LogP contribution in [0.15, 0.2) is 36.4 Å². The molecule has 0 spiro atoms. The highest BCUT2D eigenvalue weighted by Gasteiger charge is 2.39. The van der Waals surface area contributed by atoms with Crippen LogP contribution in [0.5, 0.6) is 0 Å². The molecule has 3 N–H and O–H groups in total. The van der Waals surface area contributed by atoms with Gasteiger partial charge in [-0.3, -0.25) is 0 Å². The number of carbonyl (C=O) groups excluding carboxylic acids is 1. The number of urea groups is 1. The molecule has 2 aromatic rings. The number of amides is 3. The van der Waals surface area contributed by atoms with Crippen molar-refractivity contribution in [3.8, 4) is 0 Å². The summed E-state index contributed by atoms with van der Waals surface area (Å²) in [7, 11) is 0. The maximum absolute atomic E-state index is 13.0. The first kappa shape index (κ1) is 25.8. The number of anilines is 1. The van der Waals surface area contributed by atoms with Crippen molar-refractivity contribution < 1.29 is 41.0 Å². The molecule has 2 aromatic carbocycles. The third-order valence-electron chi connectivity index (χ3n) is 5.12. The minimum absolute atomic E-state index is 0.0416. The molecule has 1 heterocycles. The van der Waals surface area contributed by atoms with E-state index in [-0.39, 0.29) is 29.2 Å². The summed E-state index contributed by atoms with van der Waals surface area (Å²) in [6, 6.07) is 3.21. The number of carboxylic acid groups (broad SMARTS) is 1.